The van der Waals surface area contributed by atoms with Crippen molar-refractivity contribution in [1.82, 2.24) is 15.3 Å². The molecule has 1 atom stereocenters. The van der Waals surface area contributed by atoms with Gasteiger partial charge in [0.05, 0.1) is 5.52 Å². The summed E-state index contributed by atoms with van der Waals surface area (Å²) in [6, 6.07) is 14.9. The third kappa shape index (κ3) is 2.71. The van der Waals surface area contributed by atoms with Gasteiger partial charge < -0.3 is 0 Å². The maximum Gasteiger partial charge on any atom is 0.268 e. The normalized spacial score (nSPS) is 12.3. The van der Waals surface area contributed by atoms with Crippen molar-refractivity contribution in [3.63, 3.8) is 0 Å². The van der Waals surface area contributed by atoms with Gasteiger partial charge in [0, 0.05) is 18.0 Å². The molecule has 0 aliphatic heterocycles. The van der Waals surface area contributed by atoms with Gasteiger partial charge >= 0.3 is 0 Å². The Hall–Kier alpha value is -2.66. The predicted molar refractivity (Wildman–Crippen MR) is 83.6 cm³/mol. The number of hydrogen-bond donors (Lipinski definition) is 2. The second-order valence-electron chi connectivity index (χ2n) is 5.30. The molecule has 1 aromatic heterocycles. The lowest BCUT2D eigenvalue weighted by molar-refractivity contribution is -0.132. The van der Waals surface area contributed by atoms with Crippen molar-refractivity contribution in [3.8, 4) is 0 Å². The van der Waals surface area contributed by atoms with Crippen LogP contribution in [0.4, 0.5) is 0 Å². The monoisotopic (exact) mass is 295 g/mol. The number of carbonyl (C=O) groups is 1. The Labute approximate surface area is 128 Å². The first kappa shape index (κ1) is 14.3. The highest BCUT2D eigenvalue weighted by atomic mass is 16.5. The standard InChI is InChI=1S/C17H17N3O2/c1-12-6-5-9-15-14(12)11-20(18-15)16(17(21)19-22)10-13-7-3-2-4-8-13/h2-9,11,16,22H,10H2,1H3,(H,19,21). The molecular weight excluding hydrogens is 278 g/mol. The molecule has 0 aliphatic carbocycles. The largest absolute Gasteiger partial charge is 0.289 e. The molecule has 2 N–H and O–H groups in total. The van der Waals surface area contributed by atoms with E-state index < -0.39 is 11.9 Å². The average molecular weight is 295 g/mol. The molecule has 22 heavy (non-hydrogen) atoms. The Balaban J connectivity index is 2.00. The third-order valence-electron chi connectivity index (χ3n) is 3.79. The van der Waals surface area contributed by atoms with Crippen molar-refractivity contribution >= 4 is 16.8 Å². The van der Waals surface area contributed by atoms with Crippen LogP contribution in [0.2, 0.25) is 0 Å². The minimum atomic E-state index is -0.598. The van der Waals surface area contributed by atoms with E-state index in [1.165, 1.54) is 0 Å². The van der Waals surface area contributed by atoms with Crippen LogP contribution in [0.5, 0.6) is 0 Å². The van der Waals surface area contributed by atoms with Gasteiger partial charge in [-0.2, -0.15) is 5.10 Å². The van der Waals surface area contributed by atoms with Crippen molar-refractivity contribution < 1.29 is 10.0 Å². The molecule has 0 radical (unpaired) electrons. The summed E-state index contributed by atoms with van der Waals surface area (Å²) in [7, 11) is 0. The Kier molecular flexibility index (Phi) is 3.89. The summed E-state index contributed by atoms with van der Waals surface area (Å²) >= 11 is 0. The second-order valence-corrected chi connectivity index (χ2v) is 5.30. The van der Waals surface area contributed by atoms with Gasteiger partial charge in [0.2, 0.25) is 0 Å². The van der Waals surface area contributed by atoms with Crippen LogP contribution < -0.4 is 5.48 Å². The maximum atomic E-state index is 12.1. The zero-order chi connectivity index (χ0) is 15.5. The Morgan fingerprint density at radius 3 is 2.68 bits per heavy atom. The Morgan fingerprint density at radius 1 is 1.23 bits per heavy atom. The van der Waals surface area contributed by atoms with Crippen LogP contribution in [-0.2, 0) is 11.2 Å². The molecule has 0 saturated heterocycles. The number of fused-ring (bicyclic) bond motifs is 1. The molecule has 1 unspecified atom stereocenters. The van der Waals surface area contributed by atoms with Gasteiger partial charge in [0.1, 0.15) is 6.04 Å². The van der Waals surface area contributed by atoms with E-state index in [1.807, 2.05) is 61.7 Å². The Morgan fingerprint density at radius 2 is 2.00 bits per heavy atom. The van der Waals surface area contributed by atoms with Crippen molar-refractivity contribution in [1.29, 1.82) is 0 Å². The topological polar surface area (TPSA) is 67.2 Å². The first-order valence-electron chi connectivity index (χ1n) is 7.11. The van der Waals surface area contributed by atoms with E-state index >= 15 is 0 Å². The minimum absolute atomic E-state index is 0.459. The predicted octanol–water partition coefficient (Wildman–Crippen LogP) is 2.63. The summed E-state index contributed by atoms with van der Waals surface area (Å²) in [5.74, 6) is -0.477. The Bertz CT molecular complexity index is 796. The lowest BCUT2D eigenvalue weighted by atomic mass is 10.1. The summed E-state index contributed by atoms with van der Waals surface area (Å²) in [6.45, 7) is 2.01. The van der Waals surface area contributed by atoms with Crippen LogP contribution in [-0.4, -0.2) is 20.9 Å². The van der Waals surface area contributed by atoms with Gasteiger partial charge in [0.15, 0.2) is 0 Å². The maximum absolute atomic E-state index is 12.1. The fourth-order valence-electron chi connectivity index (χ4n) is 2.58. The SMILES string of the molecule is Cc1cccc2nn(C(Cc3ccccc3)C(=O)NO)cc12. The molecule has 5 heteroatoms. The highest BCUT2D eigenvalue weighted by molar-refractivity contribution is 5.83. The van der Waals surface area contributed by atoms with Crippen LogP contribution in [0.15, 0.2) is 54.7 Å². The molecule has 0 aliphatic rings. The number of hydroxylamine groups is 1. The van der Waals surface area contributed by atoms with Gasteiger partial charge in [-0.15, -0.1) is 0 Å². The molecule has 3 aromatic rings. The van der Waals surface area contributed by atoms with Crippen LogP contribution in [0.3, 0.4) is 0 Å². The molecule has 112 valence electrons. The quantitative estimate of drug-likeness (QED) is 0.574. The minimum Gasteiger partial charge on any atom is -0.289 e. The number of benzene rings is 2. The second kappa shape index (κ2) is 5.99. The van der Waals surface area contributed by atoms with Crippen molar-refractivity contribution in [2.24, 2.45) is 0 Å². The molecule has 0 spiro atoms. The summed E-state index contributed by atoms with van der Waals surface area (Å²) in [5.41, 5.74) is 4.69. The van der Waals surface area contributed by atoms with Gasteiger partial charge in [0.25, 0.3) is 5.91 Å². The van der Waals surface area contributed by atoms with Crippen molar-refractivity contribution in [2.45, 2.75) is 19.4 Å². The smallest absolute Gasteiger partial charge is 0.268 e. The zero-order valence-electron chi connectivity index (χ0n) is 12.2. The highest BCUT2D eigenvalue weighted by Gasteiger charge is 2.22. The lowest BCUT2D eigenvalue weighted by Crippen LogP contribution is -2.32. The number of nitrogens with zero attached hydrogens (tertiary/aromatic N) is 2. The van der Waals surface area contributed by atoms with E-state index in [1.54, 1.807) is 10.2 Å². The fraction of sp³-hybridized carbons (Fsp3) is 0.176. The molecule has 0 fully saturated rings. The van der Waals surface area contributed by atoms with Crippen LogP contribution in [0, 0.1) is 6.92 Å². The summed E-state index contributed by atoms with van der Waals surface area (Å²) < 4.78 is 1.62. The first-order chi connectivity index (χ1) is 10.7. The van der Waals surface area contributed by atoms with Gasteiger partial charge in [-0.25, -0.2) is 5.48 Å². The van der Waals surface area contributed by atoms with Crippen LogP contribution in [0.1, 0.15) is 17.2 Å². The summed E-state index contributed by atoms with van der Waals surface area (Å²) in [6.07, 6.45) is 2.31. The number of nitrogens with one attached hydrogen (secondary N) is 1. The van der Waals surface area contributed by atoms with Crippen molar-refractivity contribution in [3.05, 3.63) is 65.9 Å². The van der Waals surface area contributed by atoms with E-state index in [2.05, 4.69) is 5.10 Å². The van der Waals surface area contributed by atoms with Gasteiger partial charge in [-0.3, -0.25) is 14.7 Å². The van der Waals surface area contributed by atoms with E-state index in [9.17, 15) is 4.79 Å². The third-order valence-corrected chi connectivity index (χ3v) is 3.79. The lowest BCUT2D eigenvalue weighted by Gasteiger charge is -2.15. The highest BCUT2D eigenvalue weighted by Crippen LogP contribution is 2.21. The van der Waals surface area contributed by atoms with Crippen molar-refractivity contribution in [2.75, 3.05) is 0 Å². The van der Waals surface area contributed by atoms with Crippen LogP contribution in [0.25, 0.3) is 10.9 Å². The van der Waals surface area contributed by atoms with E-state index in [0.717, 1.165) is 22.0 Å². The molecule has 5 nitrogen and oxygen atoms in total. The molecular formula is C17H17N3O2. The molecule has 1 amide bonds. The van der Waals surface area contributed by atoms with E-state index in [-0.39, 0.29) is 0 Å². The van der Waals surface area contributed by atoms with Gasteiger partial charge in [-0.1, -0.05) is 42.5 Å². The number of hydrogen-bond acceptors (Lipinski definition) is 3. The zero-order valence-corrected chi connectivity index (χ0v) is 12.2. The summed E-state index contributed by atoms with van der Waals surface area (Å²) in [4.78, 5) is 12.1. The molecule has 0 bridgehead atoms. The molecule has 3 rings (SSSR count). The number of aromatic nitrogens is 2. The first-order valence-corrected chi connectivity index (χ1v) is 7.11. The fourth-order valence-corrected chi connectivity index (χ4v) is 2.58. The average Bonchev–Trinajstić information content (AvgIpc) is 2.98. The number of amides is 1. The number of aryl methyl sites for hydroxylation is 1. The molecule has 2 aromatic carbocycles. The van der Waals surface area contributed by atoms with Gasteiger partial charge in [-0.05, 0) is 24.1 Å². The molecule has 1 heterocycles. The number of rotatable bonds is 4. The number of carbonyl (C=O) groups excluding carboxylic acids is 1. The summed E-state index contributed by atoms with van der Waals surface area (Å²) in [5, 5.41) is 14.5. The molecule has 0 saturated carbocycles. The van der Waals surface area contributed by atoms with E-state index in [0.29, 0.717) is 6.42 Å². The van der Waals surface area contributed by atoms with Crippen LogP contribution >= 0.6 is 0 Å². The van der Waals surface area contributed by atoms with E-state index in [4.69, 9.17) is 5.21 Å².